The van der Waals surface area contributed by atoms with Crippen LogP contribution in [0.3, 0.4) is 0 Å². The van der Waals surface area contributed by atoms with Gasteiger partial charge in [0.2, 0.25) is 5.91 Å². The molecule has 1 amide bonds. The van der Waals surface area contributed by atoms with Crippen LogP contribution in [0.2, 0.25) is 0 Å². The van der Waals surface area contributed by atoms with Gasteiger partial charge in [-0.15, -0.1) is 0 Å². The van der Waals surface area contributed by atoms with E-state index in [9.17, 15) is 4.79 Å². The summed E-state index contributed by atoms with van der Waals surface area (Å²) in [7, 11) is 1.84. The molecule has 0 aliphatic heterocycles. The highest BCUT2D eigenvalue weighted by molar-refractivity contribution is 5.88. The Bertz CT molecular complexity index is 829. The Morgan fingerprint density at radius 3 is 2.38 bits per heavy atom. The van der Waals surface area contributed by atoms with Crippen LogP contribution in [0.15, 0.2) is 72.8 Å². The van der Waals surface area contributed by atoms with E-state index in [1.54, 1.807) is 4.90 Å². The second kappa shape index (κ2) is 7.18. The molecule has 3 heteroatoms. The summed E-state index contributed by atoms with van der Waals surface area (Å²) < 4.78 is 0. The maximum Gasteiger partial charge on any atom is 0.244 e. The molecule has 0 aliphatic rings. The van der Waals surface area contributed by atoms with E-state index in [0.717, 1.165) is 11.3 Å². The molecule has 24 heavy (non-hydrogen) atoms. The quantitative estimate of drug-likeness (QED) is 0.761. The van der Waals surface area contributed by atoms with Crippen LogP contribution in [0.5, 0.6) is 0 Å². The minimum absolute atomic E-state index is 0.0759. The van der Waals surface area contributed by atoms with Crippen LogP contribution in [-0.4, -0.2) is 23.9 Å². The largest absolute Gasteiger partial charge is 0.374 e. The third-order valence-corrected chi connectivity index (χ3v) is 4.14. The van der Waals surface area contributed by atoms with E-state index in [0.29, 0.717) is 6.54 Å². The predicted octanol–water partition coefficient (Wildman–Crippen LogP) is 4.30. The van der Waals surface area contributed by atoms with Crippen molar-refractivity contribution < 1.29 is 4.79 Å². The van der Waals surface area contributed by atoms with E-state index >= 15 is 0 Å². The first kappa shape index (κ1) is 16.1. The van der Waals surface area contributed by atoms with E-state index in [2.05, 4.69) is 29.6 Å². The fourth-order valence-electron chi connectivity index (χ4n) is 2.86. The molecule has 0 radical (unpaired) electrons. The number of benzene rings is 3. The summed E-state index contributed by atoms with van der Waals surface area (Å²) in [4.78, 5) is 14.3. The highest BCUT2D eigenvalue weighted by atomic mass is 16.2. The summed E-state index contributed by atoms with van der Waals surface area (Å²) in [6.45, 7) is 2.52. The second-order valence-electron chi connectivity index (χ2n) is 6.11. The first-order valence-corrected chi connectivity index (χ1v) is 8.18. The van der Waals surface area contributed by atoms with Gasteiger partial charge in [-0.25, -0.2) is 0 Å². The number of likely N-dealkylation sites (N-methyl/N-ethyl adjacent to an activating group) is 1. The highest BCUT2D eigenvalue weighted by Gasteiger charge is 2.17. The summed E-state index contributed by atoms with van der Waals surface area (Å²) in [6.07, 6.45) is 0. The lowest BCUT2D eigenvalue weighted by molar-refractivity contribution is -0.130. The molecule has 3 aromatic carbocycles. The highest BCUT2D eigenvalue weighted by Crippen LogP contribution is 2.19. The van der Waals surface area contributed by atoms with Gasteiger partial charge in [-0.1, -0.05) is 60.7 Å². The van der Waals surface area contributed by atoms with Crippen LogP contribution in [-0.2, 0) is 11.3 Å². The lowest BCUT2D eigenvalue weighted by atomic mass is 10.1. The summed E-state index contributed by atoms with van der Waals surface area (Å²) in [6, 6.07) is 24.1. The molecule has 0 aliphatic carbocycles. The summed E-state index contributed by atoms with van der Waals surface area (Å²) >= 11 is 0. The van der Waals surface area contributed by atoms with Crippen LogP contribution in [0.4, 0.5) is 5.69 Å². The fourth-order valence-corrected chi connectivity index (χ4v) is 2.86. The number of rotatable bonds is 5. The Hall–Kier alpha value is -2.81. The molecule has 0 aromatic heterocycles. The number of hydrogen-bond acceptors (Lipinski definition) is 2. The minimum Gasteiger partial charge on any atom is -0.374 e. The number of carbonyl (C=O) groups is 1. The van der Waals surface area contributed by atoms with Crippen LogP contribution >= 0.6 is 0 Å². The van der Waals surface area contributed by atoms with E-state index in [-0.39, 0.29) is 11.9 Å². The van der Waals surface area contributed by atoms with E-state index in [4.69, 9.17) is 0 Å². The van der Waals surface area contributed by atoms with Crippen LogP contribution < -0.4 is 5.32 Å². The molecule has 0 fully saturated rings. The third kappa shape index (κ3) is 3.74. The molecule has 0 saturated heterocycles. The zero-order valence-electron chi connectivity index (χ0n) is 14.1. The second-order valence-corrected chi connectivity index (χ2v) is 6.11. The van der Waals surface area contributed by atoms with Gasteiger partial charge in [-0.3, -0.25) is 4.79 Å². The molecule has 1 N–H and O–H groups in total. The first-order valence-electron chi connectivity index (χ1n) is 8.18. The number of anilines is 1. The van der Waals surface area contributed by atoms with Gasteiger partial charge in [0.15, 0.2) is 0 Å². The molecule has 0 saturated carbocycles. The summed E-state index contributed by atoms with van der Waals surface area (Å²) in [5.74, 6) is 0.0759. The lowest BCUT2D eigenvalue weighted by Gasteiger charge is -2.23. The monoisotopic (exact) mass is 318 g/mol. The maximum absolute atomic E-state index is 12.6. The Kier molecular flexibility index (Phi) is 4.80. The Labute approximate surface area is 142 Å². The van der Waals surface area contributed by atoms with Crippen LogP contribution in [0, 0.1) is 0 Å². The minimum atomic E-state index is -0.278. The van der Waals surface area contributed by atoms with Gasteiger partial charge in [-0.05, 0) is 35.4 Å². The number of nitrogens with one attached hydrogen (secondary N) is 1. The first-order chi connectivity index (χ1) is 11.6. The molecule has 0 heterocycles. The zero-order chi connectivity index (χ0) is 16.9. The molecule has 3 nitrogen and oxygen atoms in total. The van der Waals surface area contributed by atoms with Gasteiger partial charge in [0.25, 0.3) is 0 Å². The third-order valence-electron chi connectivity index (χ3n) is 4.14. The number of hydrogen-bond donors (Lipinski definition) is 1. The molecule has 1 atom stereocenters. The van der Waals surface area contributed by atoms with Gasteiger partial charge in [0.1, 0.15) is 6.04 Å². The zero-order valence-corrected chi connectivity index (χ0v) is 14.1. The summed E-state index contributed by atoms with van der Waals surface area (Å²) in [5.41, 5.74) is 2.09. The van der Waals surface area contributed by atoms with Crippen molar-refractivity contribution >= 4 is 22.4 Å². The average molecular weight is 318 g/mol. The molecule has 0 bridgehead atoms. The van der Waals surface area contributed by atoms with Crippen molar-refractivity contribution in [1.82, 2.24) is 4.90 Å². The number of nitrogens with zero attached hydrogens (tertiary/aromatic N) is 1. The number of amides is 1. The van der Waals surface area contributed by atoms with Gasteiger partial charge in [-0.2, -0.15) is 0 Å². The Morgan fingerprint density at radius 1 is 0.958 bits per heavy atom. The normalized spacial score (nSPS) is 11.9. The van der Waals surface area contributed by atoms with Crippen LogP contribution in [0.25, 0.3) is 10.8 Å². The van der Waals surface area contributed by atoms with Crippen molar-refractivity contribution in [3.8, 4) is 0 Å². The Morgan fingerprint density at radius 2 is 1.62 bits per heavy atom. The predicted molar refractivity (Wildman–Crippen MR) is 99.9 cm³/mol. The molecular weight excluding hydrogens is 296 g/mol. The molecule has 122 valence electrons. The summed E-state index contributed by atoms with van der Waals surface area (Å²) in [5, 5.41) is 5.67. The molecule has 1 unspecified atom stereocenters. The van der Waals surface area contributed by atoms with E-state index in [1.807, 2.05) is 62.5 Å². The topological polar surface area (TPSA) is 32.3 Å². The van der Waals surface area contributed by atoms with Crippen molar-refractivity contribution in [2.75, 3.05) is 12.4 Å². The van der Waals surface area contributed by atoms with Gasteiger partial charge in [0, 0.05) is 19.3 Å². The standard InChI is InChI=1S/C21H22N2O/c1-16(21(24)23(2)15-17-8-4-3-5-9-17)22-20-13-12-18-10-6-7-11-19(18)14-20/h3-14,16,22H,15H2,1-2H3. The number of carbonyl (C=O) groups excluding carboxylic acids is 1. The van der Waals surface area contributed by atoms with Gasteiger partial charge >= 0.3 is 0 Å². The van der Waals surface area contributed by atoms with Gasteiger partial charge < -0.3 is 10.2 Å². The van der Waals surface area contributed by atoms with Crippen molar-refractivity contribution in [3.05, 3.63) is 78.4 Å². The molecule has 3 aromatic rings. The maximum atomic E-state index is 12.6. The van der Waals surface area contributed by atoms with Crippen LogP contribution in [0.1, 0.15) is 12.5 Å². The molecular formula is C21H22N2O. The van der Waals surface area contributed by atoms with Gasteiger partial charge in [0.05, 0.1) is 0 Å². The molecule has 0 spiro atoms. The van der Waals surface area contributed by atoms with Crippen molar-refractivity contribution in [1.29, 1.82) is 0 Å². The lowest BCUT2D eigenvalue weighted by Crippen LogP contribution is -2.38. The fraction of sp³-hybridized carbons (Fsp3) is 0.190. The SMILES string of the molecule is CC(Nc1ccc2ccccc2c1)C(=O)N(C)Cc1ccccc1. The van der Waals surface area contributed by atoms with Crippen molar-refractivity contribution in [2.24, 2.45) is 0 Å². The van der Waals surface area contributed by atoms with E-state index in [1.165, 1.54) is 10.8 Å². The smallest absolute Gasteiger partial charge is 0.244 e. The average Bonchev–Trinajstić information content (AvgIpc) is 2.61. The van der Waals surface area contributed by atoms with E-state index < -0.39 is 0 Å². The number of fused-ring (bicyclic) bond motifs is 1. The van der Waals surface area contributed by atoms with Crippen molar-refractivity contribution in [3.63, 3.8) is 0 Å². The molecule has 3 rings (SSSR count). The van der Waals surface area contributed by atoms with Crippen molar-refractivity contribution in [2.45, 2.75) is 19.5 Å². The Balaban J connectivity index is 1.66.